The summed E-state index contributed by atoms with van der Waals surface area (Å²) in [6, 6.07) is 0. The van der Waals surface area contributed by atoms with Crippen LogP contribution in [0.5, 0.6) is 0 Å². The van der Waals surface area contributed by atoms with Crippen molar-refractivity contribution in [2.75, 3.05) is 0 Å². The third-order valence-corrected chi connectivity index (χ3v) is 1.75. The molecule has 0 aromatic carbocycles. The SMILES string of the molecule is CCC#CCC(C(=O)O)C(C)C. The molecule has 0 aromatic heterocycles. The van der Waals surface area contributed by atoms with Crippen molar-refractivity contribution in [2.24, 2.45) is 11.8 Å². The minimum Gasteiger partial charge on any atom is -0.481 e. The maximum atomic E-state index is 10.7. The van der Waals surface area contributed by atoms with Crippen molar-refractivity contribution in [1.82, 2.24) is 0 Å². The Kier molecular flexibility index (Phi) is 5.19. The second-order valence-corrected chi connectivity index (χ2v) is 3.10. The van der Waals surface area contributed by atoms with Gasteiger partial charge in [-0.1, -0.05) is 20.8 Å². The van der Waals surface area contributed by atoms with Crippen LogP contribution in [-0.2, 0) is 4.79 Å². The van der Waals surface area contributed by atoms with Crippen molar-refractivity contribution >= 4 is 5.97 Å². The second-order valence-electron chi connectivity index (χ2n) is 3.10. The first-order valence-corrected chi connectivity index (χ1v) is 4.28. The molecule has 1 N–H and O–H groups in total. The van der Waals surface area contributed by atoms with E-state index in [1.54, 1.807) is 0 Å². The van der Waals surface area contributed by atoms with E-state index in [-0.39, 0.29) is 11.8 Å². The van der Waals surface area contributed by atoms with Crippen molar-refractivity contribution in [3.8, 4) is 11.8 Å². The fraction of sp³-hybridized carbons (Fsp3) is 0.700. The Morgan fingerprint density at radius 2 is 2.00 bits per heavy atom. The second kappa shape index (κ2) is 5.65. The van der Waals surface area contributed by atoms with Gasteiger partial charge in [-0.25, -0.2) is 0 Å². The summed E-state index contributed by atoms with van der Waals surface area (Å²) >= 11 is 0. The quantitative estimate of drug-likeness (QED) is 0.655. The average molecular weight is 168 g/mol. The van der Waals surface area contributed by atoms with Crippen LogP contribution in [0.15, 0.2) is 0 Å². The van der Waals surface area contributed by atoms with Gasteiger partial charge >= 0.3 is 5.97 Å². The molecule has 0 rings (SSSR count). The lowest BCUT2D eigenvalue weighted by Gasteiger charge is -2.11. The predicted octanol–water partition coefficient (Wildman–Crippen LogP) is 2.15. The van der Waals surface area contributed by atoms with Gasteiger partial charge in [-0.2, -0.15) is 0 Å². The highest BCUT2D eigenvalue weighted by atomic mass is 16.4. The molecular weight excluding hydrogens is 152 g/mol. The molecule has 68 valence electrons. The number of aliphatic carboxylic acids is 1. The third kappa shape index (κ3) is 4.02. The number of carbonyl (C=O) groups is 1. The zero-order valence-electron chi connectivity index (χ0n) is 7.92. The fourth-order valence-corrected chi connectivity index (χ4v) is 0.915. The van der Waals surface area contributed by atoms with Crippen LogP contribution < -0.4 is 0 Å². The monoisotopic (exact) mass is 168 g/mol. The van der Waals surface area contributed by atoms with Gasteiger partial charge in [0.25, 0.3) is 0 Å². The molecule has 0 spiro atoms. The molecule has 0 fully saturated rings. The highest BCUT2D eigenvalue weighted by Crippen LogP contribution is 2.14. The van der Waals surface area contributed by atoms with E-state index in [4.69, 9.17) is 5.11 Å². The maximum absolute atomic E-state index is 10.7. The number of carboxylic acids is 1. The molecule has 0 saturated carbocycles. The molecule has 1 unspecified atom stereocenters. The molecule has 0 radical (unpaired) electrons. The molecule has 1 atom stereocenters. The normalized spacial score (nSPS) is 12.0. The van der Waals surface area contributed by atoms with Gasteiger partial charge in [0, 0.05) is 12.8 Å². The van der Waals surface area contributed by atoms with Crippen molar-refractivity contribution < 1.29 is 9.90 Å². The maximum Gasteiger partial charge on any atom is 0.307 e. The summed E-state index contributed by atoms with van der Waals surface area (Å²) in [4.78, 5) is 10.7. The van der Waals surface area contributed by atoms with Gasteiger partial charge in [-0.3, -0.25) is 4.79 Å². The summed E-state index contributed by atoms with van der Waals surface area (Å²) < 4.78 is 0. The smallest absolute Gasteiger partial charge is 0.307 e. The van der Waals surface area contributed by atoms with Gasteiger partial charge < -0.3 is 5.11 Å². The van der Waals surface area contributed by atoms with Crippen molar-refractivity contribution in [3.05, 3.63) is 0 Å². The van der Waals surface area contributed by atoms with E-state index in [1.807, 2.05) is 20.8 Å². The summed E-state index contributed by atoms with van der Waals surface area (Å²) in [5.74, 6) is 4.85. The van der Waals surface area contributed by atoms with E-state index in [1.165, 1.54) is 0 Å². The molecule has 0 aliphatic rings. The number of rotatable bonds is 3. The van der Waals surface area contributed by atoms with E-state index < -0.39 is 5.97 Å². The lowest BCUT2D eigenvalue weighted by atomic mass is 9.93. The molecular formula is C10H16O2. The Balaban J connectivity index is 4.05. The van der Waals surface area contributed by atoms with Crippen molar-refractivity contribution in [3.63, 3.8) is 0 Å². The Labute approximate surface area is 74.0 Å². The van der Waals surface area contributed by atoms with Crippen LogP contribution in [0.2, 0.25) is 0 Å². The number of carboxylic acid groups (broad SMARTS) is 1. The molecule has 0 aliphatic heterocycles. The largest absolute Gasteiger partial charge is 0.481 e. The van der Waals surface area contributed by atoms with Gasteiger partial charge in [0.1, 0.15) is 0 Å². The Hall–Kier alpha value is -0.970. The first kappa shape index (κ1) is 11.0. The predicted molar refractivity (Wildman–Crippen MR) is 48.6 cm³/mol. The van der Waals surface area contributed by atoms with Gasteiger partial charge in [0.2, 0.25) is 0 Å². The zero-order chi connectivity index (χ0) is 9.56. The van der Waals surface area contributed by atoms with E-state index in [0.717, 1.165) is 6.42 Å². The topological polar surface area (TPSA) is 37.3 Å². The Bertz CT molecular complexity index is 196. The fourth-order valence-electron chi connectivity index (χ4n) is 0.915. The molecule has 0 amide bonds. The summed E-state index contributed by atoms with van der Waals surface area (Å²) in [6.45, 7) is 5.77. The molecule has 0 heterocycles. The summed E-state index contributed by atoms with van der Waals surface area (Å²) in [6.07, 6.45) is 1.27. The molecule has 0 aliphatic carbocycles. The first-order chi connectivity index (χ1) is 5.59. The highest BCUT2D eigenvalue weighted by Gasteiger charge is 2.19. The molecule has 12 heavy (non-hydrogen) atoms. The molecule has 0 aromatic rings. The van der Waals surface area contributed by atoms with Crippen LogP contribution >= 0.6 is 0 Å². The average Bonchev–Trinajstić information content (AvgIpc) is 1.96. The number of hydrogen-bond donors (Lipinski definition) is 1. The summed E-state index contributed by atoms with van der Waals surface area (Å²) in [7, 11) is 0. The van der Waals surface area contributed by atoms with Crippen molar-refractivity contribution in [2.45, 2.75) is 33.6 Å². The van der Waals surface area contributed by atoms with E-state index in [2.05, 4.69) is 11.8 Å². The van der Waals surface area contributed by atoms with Gasteiger partial charge in [0.15, 0.2) is 0 Å². The lowest BCUT2D eigenvalue weighted by Crippen LogP contribution is -2.18. The standard InChI is InChI=1S/C10H16O2/c1-4-5-6-7-9(8(2)3)10(11)12/h8-9H,4,7H2,1-3H3,(H,11,12). The number of hydrogen-bond acceptors (Lipinski definition) is 1. The van der Waals surface area contributed by atoms with Gasteiger partial charge in [0.05, 0.1) is 5.92 Å². The molecule has 0 saturated heterocycles. The van der Waals surface area contributed by atoms with E-state index >= 15 is 0 Å². The van der Waals surface area contributed by atoms with E-state index in [0.29, 0.717) is 6.42 Å². The van der Waals surface area contributed by atoms with E-state index in [9.17, 15) is 4.79 Å². The van der Waals surface area contributed by atoms with Crippen molar-refractivity contribution in [1.29, 1.82) is 0 Å². The van der Waals surface area contributed by atoms with Crippen LogP contribution in [0.25, 0.3) is 0 Å². The zero-order valence-corrected chi connectivity index (χ0v) is 7.92. The Morgan fingerprint density at radius 1 is 1.42 bits per heavy atom. The summed E-state index contributed by atoms with van der Waals surface area (Å²) in [5.41, 5.74) is 0. The molecule has 2 heteroatoms. The lowest BCUT2D eigenvalue weighted by molar-refractivity contribution is -0.143. The minimum absolute atomic E-state index is 0.161. The van der Waals surface area contributed by atoms with Gasteiger partial charge in [-0.15, -0.1) is 11.8 Å². The van der Waals surface area contributed by atoms with Gasteiger partial charge in [-0.05, 0) is 5.92 Å². The van der Waals surface area contributed by atoms with Crippen LogP contribution in [0.4, 0.5) is 0 Å². The summed E-state index contributed by atoms with van der Waals surface area (Å²) in [5, 5.41) is 8.78. The van der Waals surface area contributed by atoms with Crippen LogP contribution in [-0.4, -0.2) is 11.1 Å². The highest BCUT2D eigenvalue weighted by molar-refractivity contribution is 5.70. The first-order valence-electron chi connectivity index (χ1n) is 4.28. The molecule has 0 bridgehead atoms. The van der Waals surface area contributed by atoms with Crippen LogP contribution in [0.1, 0.15) is 33.6 Å². The van der Waals surface area contributed by atoms with Crippen LogP contribution in [0, 0.1) is 23.7 Å². The third-order valence-electron chi connectivity index (χ3n) is 1.75. The molecule has 2 nitrogen and oxygen atoms in total. The van der Waals surface area contributed by atoms with Crippen LogP contribution in [0.3, 0.4) is 0 Å². The Morgan fingerprint density at radius 3 is 2.33 bits per heavy atom. The minimum atomic E-state index is -0.740.